The van der Waals surface area contributed by atoms with Gasteiger partial charge in [-0.25, -0.2) is 9.59 Å². The molecule has 0 aliphatic carbocycles. The number of hydrogen-bond acceptors (Lipinski definition) is 5. The lowest BCUT2D eigenvalue weighted by atomic mass is 10.2. The number of carboxylic acid groups (broad SMARTS) is 1. The summed E-state index contributed by atoms with van der Waals surface area (Å²) in [4.78, 5) is 24.9. The molecular formula is C14H21N3O5. The maximum atomic E-state index is 12.2. The van der Waals surface area contributed by atoms with E-state index in [0.717, 1.165) is 0 Å². The van der Waals surface area contributed by atoms with Gasteiger partial charge in [-0.2, -0.15) is 5.10 Å². The molecule has 1 aliphatic heterocycles. The van der Waals surface area contributed by atoms with Gasteiger partial charge in [-0.15, -0.1) is 0 Å². The minimum atomic E-state index is -1.19. The monoisotopic (exact) mass is 311 g/mol. The minimum Gasteiger partial charge on any atom is -0.476 e. The van der Waals surface area contributed by atoms with Gasteiger partial charge < -0.3 is 19.8 Å². The third kappa shape index (κ3) is 3.38. The summed E-state index contributed by atoms with van der Waals surface area (Å²) < 4.78 is 6.91. The third-order valence-corrected chi connectivity index (χ3v) is 3.32. The lowest BCUT2D eigenvalue weighted by Crippen LogP contribution is -2.36. The number of fused-ring (bicyclic) bond motifs is 1. The first-order chi connectivity index (χ1) is 10.2. The van der Waals surface area contributed by atoms with Crippen LogP contribution in [0.3, 0.4) is 0 Å². The molecule has 8 heteroatoms. The highest BCUT2D eigenvalue weighted by atomic mass is 16.6. The number of aryl methyl sites for hydroxylation is 1. The zero-order chi connectivity index (χ0) is 16.5. The summed E-state index contributed by atoms with van der Waals surface area (Å²) in [5.74, 6) is -1.19. The Hall–Kier alpha value is -2.09. The second-order valence-corrected chi connectivity index (χ2v) is 6.22. The van der Waals surface area contributed by atoms with E-state index >= 15 is 0 Å². The van der Waals surface area contributed by atoms with Crippen LogP contribution in [0, 0.1) is 0 Å². The van der Waals surface area contributed by atoms with Crippen molar-refractivity contribution in [2.45, 2.75) is 52.5 Å². The summed E-state index contributed by atoms with van der Waals surface area (Å²) in [6.45, 7) is 6.09. The van der Waals surface area contributed by atoms with E-state index < -0.39 is 24.3 Å². The number of rotatable bonds is 2. The number of hydrogen-bond donors (Lipinski definition) is 2. The van der Waals surface area contributed by atoms with Crippen molar-refractivity contribution in [3.63, 3.8) is 0 Å². The maximum absolute atomic E-state index is 12.2. The molecule has 0 aromatic carbocycles. The zero-order valence-corrected chi connectivity index (χ0v) is 13.0. The molecule has 2 rings (SSSR count). The molecule has 0 bridgehead atoms. The number of aliphatic hydroxyl groups excluding tert-OH is 1. The van der Waals surface area contributed by atoms with Crippen molar-refractivity contribution in [2.75, 3.05) is 6.54 Å². The number of ether oxygens (including phenoxy) is 1. The first-order valence-electron chi connectivity index (χ1n) is 7.13. The predicted octanol–water partition coefficient (Wildman–Crippen LogP) is 1.21. The van der Waals surface area contributed by atoms with Crippen molar-refractivity contribution in [1.29, 1.82) is 0 Å². The Kier molecular flexibility index (Phi) is 4.41. The maximum Gasteiger partial charge on any atom is 0.410 e. The molecule has 2 heterocycles. The summed E-state index contributed by atoms with van der Waals surface area (Å²) in [5, 5.41) is 22.6. The molecule has 22 heavy (non-hydrogen) atoms. The number of aliphatic hydroxyl groups is 1. The molecule has 122 valence electrons. The van der Waals surface area contributed by atoms with Crippen LogP contribution in [-0.2, 0) is 24.4 Å². The smallest absolute Gasteiger partial charge is 0.410 e. The van der Waals surface area contributed by atoms with Gasteiger partial charge in [-0.1, -0.05) is 0 Å². The van der Waals surface area contributed by atoms with Gasteiger partial charge in [0.2, 0.25) is 0 Å². The van der Waals surface area contributed by atoms with E-state index in [-0.39, 0.29) is 17.8 Å². The van der Waals surface area contributed by atoms with E-state index in [4.69, 9.17) is 9.84 Å². The summed E-state index contributed by atoms with van der Waals surface area (Å²) in [5.41, 5.74) is 0.0325. The van der Waals surface area contributed by atoms with Crippen LogP contribution in [0.2, 0.25) is 0 Å². The van der Waals surface area contributed by atoms with Gasteiger partial charge >= 0.3 is 12.1 Å². The number of carbonyl (C=O) groups is 2. The number of nitrogens with zero attached hydrogens (tertiary/aromatic N) is 3. The van der Waals surface area contributed by atoms with Gasteiger partial charge in [0.25, 0.3) is 0 Å². The lowest BCUT2D eigenvalue weighted by molar-refractivity contribution is 0.0235. The lowest BCUT2D eigenvalue weighted by Gasteiger charge is -2.26. The van der Waals surface area contributed by atoms with Crippen molar-refractivity contribution in [3.8, 4) is 0 Å². The molecule has 1 aromatic heterocycles. The standard InChI is InChI=1S/C14H21N3O5/c1-14(2,3)22-13(21)16-5-4-6-17-10(7-16)9(8-18)11(15-17)12(19)20/h18H,4-8H2,1-3H3,(H,19,20). The van der Waals surface area contributed by atoms with Crippen LogP contribution in [0.15, 0.2) is 0 Å². The molecule has 2 N–H and O–H groups in total. The normalized spacial score (nSPS) is 15.2. The van der Waals surface area contributed by atoms with Crippen LogP contribution in [0.4, 0.5) is 4.79 Å². The zero-order valence-electron chi connectivity index (χ0n) is 13.0. The van der Waals surface area contributed by atoms with Gasteiger partial charge in [0.05, 0.1) is 18.8 Å². The fourth-order valence-corrected chi connectivity index (χ4v) is 2.39. The largest absolute Gasteiger partial charge is 0.476 e. The molecule has 0 saturated carbocycles. The van der Waals surface area contributed by atoms with Crippen molar-refractivity contribution < 1.29 is 24.5 Å². The molecule has 1 aliphatic rings. The van der Waals surface area contributed by atoms with E-state index in [1.54, 1.807) is 25.5 Å². The third-order valence-electron chi connectivity index (χ3n) is 3.32. The highest BCUT2D eigenvalue weighted by molar-refractivity contribution is 5.87. The number of carboxylic acids is 1. The van der Waals surface area contributed by atoms with Crippen LogP contribution in [-0.4, -0.2) is 49.1 Å². The van der Waals surface area contributed by atoms with E-state index in [9.17, 15) is 14.7 Å². The van der Waals surface area contributed by atoms with Crippen molar-refractivity contribution in [1.82, 2.24) is 14.7 Å². The summed E-state index contributed by atoms with van der Waals surface area (Å²) in [6, 6.07) is 0. The molecule has 8 nitrogen and oxygen atoms in total. The Morgan fingerprint density at radius 1 is 1.32 bits per heavy atom. The second kappa shape index (κ2) is 5.96. The van der Waals surface area contributed by atoms with Crippen LogP contribution in [0.1, 0.15) is 48.9 Å². The minimum absolute atomic E-state index is 0.163. The van der Waals surface area contributed by atoms with Crippen LogP contribution < -0.4 is 0 Å². The molecule has 0 fully saturated rings. The number of aromatic carboxylic acids is 1. The van der Waals surface area contributed by atoms with Gasteiger partial charge in [-0.3, -0.25) is 4.68 Å². The van der Waals surface area contributed by atoms with Crippen LogP contribution >= 0.6 is 0 Å². The molecule has 0 unspecified atom stereocenters. The van der Waals surface area contributed by atoms with E-state index in [1.165, 1.54) is 4.90 Å². The fraction of sp³-hybridized carbons (Fsp3) is 0.643. The van der Waals surface area contributed by atoms with Gasteiger partial charge in [-0.05, 0) is 27.2 Å². The molecule has 0 saturated heterocycles. The first-order valence-corrected chi connectivity index (χ1v) is 7.13. The SMILES string of the molecule is CC(C)(C)OC(=O)N1CCCn2nc(C(=O)O)c(CO)c2C1. The number of aromatic nitrogens is 2. The Morgan fingerprint density at radius 3 is 2.55 bits per heavy atom. The topological polar surface area (TPSA) is 105 Å². The first kappa shape index (κ1) is 16.3. The molecule has 0 radical (unpaired) electrons. The Morgan fingerprint density at radius 2 is 2.00 bits per heavy atom. The fourth-order valence-electron chi connectivity index (χ4n) is 2.39. The summed E-state index contributed by atoms with van der Waals surface area (Å²) >= 11 is 0. The molecule has 0 spiro atoms. The summed E-state index contributed by atoms with van der Waals surface area (Å²) in [7, 11) is 0. The van der Waals surface area contributed by atoms with Gasteiger partial charge in [0, 0.05) is 18.7 Å². The van der Waals surface area contributed by atoms with E-state index in [1.807, 2.05) is 0 Å². The van der Waals surface area contributed by atoms with Gasteiger partial charge in [0.15, 0.2) is 5.69 Å². The average Bonchev–Trinajstić information content (AvgIpc) is 2.60. The number of carbonyl (C=O) groups excluding carboxylic acids is 1. The molecule has 0 atom stereocenters. The highest BCUT2D eigenvalue weighted by Gasteiger charge is 2.29. The van der Waals surface area contributed by atoms with E-state index in [2.05, 4.69) is 5.10 Å². The van der Waals surface area contributed by atoms with Crippen LogP contribution in [0.5, 0.6) is 0 Å². The molecular weight excluding hydrogens is 290 g/mol. The van der Waals surface area contributed by atoms with E-state index in [0.29, 0.717) is 25.2 Å². The Labute approximate surface area is 128 Å². The highest BCUT2D eigenvalue weighted by Crippen LogP contribution is 2.22. The van der Waals surface area contributed by atoms with Crippen molar-refractivity contribution in [2.24, 2.45) is 0 Å². The van der Waals surface area contributed by atoms with Crippen LogP contribution in [0.25, 0.3) is 0 Å². The quantitative estimate of drug-likeness (QED) is 0.850. The Bertz CT molecular complexity index is 588. The van der Waals surface area contributed by atoms with Gasteiger partial charge in [0.1, 0.15) is 5.60 Å². The average molecular weight is 311 g/mol. The van der Waals surface area contributed by atoms with Crippen molar-refractivity contribution in [3.05, 3.63) is 17.0 Å². The van der Waals surface area contributed by atoms with Crippen molar-refractivity contribution >= 4 is 12.1 Å². The predicted molar refractivity (Wildman–Crippen MR) is 76.4 cm³/mol. The Balaban J connectivity index is 2.29. The second-order valence-electron chi connectivity index (χ2n) is 6.22. The number of amides is 1. The molecule has 1 aromatic rings. The summed E-state index contributed by atoms with van der Waals surface area (Å²) in [6.07, 6.45) is 0.181. The molecule has 1 amide bonds.